The molecule has 0 spiro atoms. The third kappa shape index (κ3) is 1.96. The fourth-order valence-corrected chi connectivity index (χ4v) is 1.47. The van der Waals surface area contributed by atoms with Gasteiger partial charge in [0.2, 0.25) is 5.52 Å². The number of rotatable bonds is 3. The Morgan fingerprint density at radius 1 is 1.44 bits per heavy atom. The van der Waals surface area contributed by atoms with Crippen LogP contribution in [-0.4, -0.2) is 20.8 Å². The highest BCUT2D eigenvalue weighted by molar-refractivity contribution is 5.93. The summed E-state index contributed by atoms with van der Waals surface area (Å²) in [5.41, 5.74) is 0.155. The SMILES string of the molecule is C#CC(C)(C)Nc1ccc([N+](=O)[O-])c2nonc12. The van der Waals surface area contributed by atoms with Crippen molar-refractivity contribution < 1.29 is 9.55 Å². The molecule has 1 aromatic heterocycles. The summed E-state index contributed by atoms with van der Waals surface area (Å²) in [7, 11) is 0. The number of nitrogens with zero attached hydrogens (tertiary/aromatic N) is 3. The van der Waals surface area contributed by atoms with Crippen molar-refractivity contribution in [1.29, 1.82) is 0 Å². The maximum atomic E-state index is 10.8. The zero-order valence-corrected chi connectivity index (χ0v) is 9.80. The number of hydrogen-bond donors (Lipinski definition) is 1. The first-order valence-corrected chi connectivity index (χ1v) is 5.10. The summed E-state index contributed by atoms with van der Waals surface area (Å²) in [4.78, 5) is 10.3. The van der Waals surface area contributed by atoms with Crippen molar-refractivity contribution >= 4 is 22.4 Å². The monoisotopic (exact) mass is 246 g/mol. The van der Waals surface area contributed by atoms with Crippen LogP contribution < -0.4 is 5.32 Å². The van der Waals surface area contributed by atoms with Gasteiger partial charge in [0.25, 0.3) is 0 Å². The number of anilines is 1. The number of nitro groups is 1. The molecule has 0 aliphatic rings. The van der Waals surface area contributed by atoms with Crippen LogP contribution in [0.15, 0.2) is 16.8 Å². The molecular formula is C11H10N4O3. The van der Waals surface area contributed by atoms with Crippen LogP contribution in [0.3, 0.4) is 0 Å². The van der Waals surface area contributed by atoms with Gasteiger partial charge < -0.3 is 5.32 Å². The summed E-state index contributed by atoms with van der Waals surface area (Å²) in [5.74, 6) is 2.56. The molecule has 0 atom stereocenters. The van der Waals surface area contributed by atoms with Gasteiger partial charge in [-0.15, -0.1) is 6.42 Å². The largest absolute Gasteiger partial charge is 0.368 e. The number of fused-ring (bicyclic) bond motifs is 1. The van der Waals surface area contributed by atoms with E-state index in [1.165, 1.54) is 12.1 Å². The molecule has 0 saturated carbocycles. The van der Waals surface area contributed by atoms with Crippen LogP contribution in [0.25, 0.3) is 11.0 Å². The second-order valence-electron chi connectivity index (χ2n) is 4.25. The van der Waals surface area contributed by atoms with E-state index in [1.54, 1.807) is 13.8 Å². The number of nitro benzene ring substituents is 1. The van der Waals surface area contributed by atoms with Gasteiger partial charge in [0.05, 0.1) is 16.1 Å². The molecule has 92 valence electrons. The summed E-state index contributed by atoms with van der Waals surface area (Å²) in [6.45, 7) is 3.60. The average Bonchev–Trinajstić information content (AvgIpc) is 2.78. The zero-order valence-electron chi connectivity index (χ0n) is 9.80. The van der Waals surface area contributed by atoms with Gasteiger partial charge in [-0.3, -0.25) is 10.1 Å². The highest BCUT2D eigenvalue weighted by Gasteiger charge is 2.22. The molecule has 7 heteroatoms. The summed E-state index contributed by atoms with van der Waals surface area (Å²) in [5, 5.41) is 21.0. The maximum absolute atomic E-state index is 10.8. The number of benzene rings is 1. The molecule has 0 bridgehead atoms. The van der Waals surface area contributed by atoms with Gasteiger partial charge >= 0.3 is 5.69 Å². The predicted molar refractivity (Wildman–Crippen MR) is 65.0 cm³/mol. The van der Waals surface area contributed by atoms with E-state index in [2.05, 4.69) is 26.2 Å². The molecule has 0 saturated heterocycles. The fourth-order valence-electron chi connectivity index (χ4n) is 1.47. The smallest absolute Gasteiger partial charge is 0.300 e. The average molecular weight is 246 g/mol. The van der Waals surface area contributed by atoms with Crippen molar-refractivity contribution in [3.05, 3.63) is 22.2 Å². The van der Waals surface area contributed by atoms with Gasteiger partial charge in [0.15, 0.2) is 5.52 Å². The van der Waals surface area contributed by atoms with E-state index < -0.39 is 10.5 Å². The molecule has 0 aliphatic carbocycles. The Labute approximate surface area is 102 Å². The number of nitrogens with one attached hydrogen (secondary N) is 1. The minimum atomic E-state index is -0.609. The minimum absolute atomic E-state index is 0.0952. The van der Waals surface area contributed by atoms with Crippen LogP contribution in [0.2, 0.25) is 0 Å². The van der Waals surface area contributed by atoms with Crippen molar-refractivity contribution in [3.8, 4) is 12.3 Å². The summed E-state index contributed by atoms with van der Waals surface area (Å²) in [6.07, 6.45) is 5.37. The Morgan fingerprint density at radius 2 is 2.11 bits per heavy atom. The Morgan fingerprint density at radius 3 is 2.72 bits per heavy atom. The zero-order chi connectivity index (χ0) is 13.3. The van der Waals surface area contributed by atoms with E-state index in [1.807, 2.05) is 0 Å². The Balaban J connectivity index is 2.56. The Bertz CT molecular complexity index is 654. The predicted octanol–water partition coefficient (Wildman–Crippen LogP) is 1.95. The molecule has 2 rings (SSSR count). The lowest BCUT2D eigenvalue weighted by molar-refractivity contribution is -0.383. The van der Waals surface area contributed by atoms with Crippen molar-refractivity contribution in [2.24, 2.45) is 0 Å². The highest BCUT2D eigenvalue weighted by Crippen LogP contribution is 2.30. The van der Waals surface area contributed by atoms with Crippen LogP contribution in [0, 0.1) is 22.5 Å². The summed E-state index contributed by atoms with van der Waals surface area (Å²) < 4.78 is 4.55. The molecule has 7 nitrogen and oxygen atoms in total. The number of non-ortho nitro benzene ring substituents is 1. The first kappa shape index (κ1) is 11.9. The lowest BCUT2D eigenvalue weighted by Crippen LogP contribution is -2.28. The van der Waals surface area contributed by atoms with Crippen molar-refractivity contribution in [1.82, 2.24) is 10.3 Å². The van der Waals surface area contributed by atoms with Crippen LogP contribution in [0.4, 0.5) is 11.4 Å². The normalized spacial score (nSPS) is 11.2. The van der Waals surface area contributed by atoms with E-state index in [9.17, 15) is 10.1 Å². The molecule has 2 aromatic rings. The van der Waals surface area contributed by atoms with E-state index in [0.717, 1.165) is 0 Å². The number of aromatic nitrogens is 2. The number of terminal acetylenes is 1. The maximum Gasteiger partial charge on any atom is 0.300 e. The van der Waals surface area contributed by atoms with Gasteiger partial charge in [0, 0.05) is 6.07 Å². The molecule has 0 amide bonds. The Hall–Kier alpha value is -2.62. The van der Waals surface area contributed by atoms with Gasteiger partial charge in [-0.2, -0.15) is 0 Å². The molecule has 18 heavy (non-hydrogen) atoms. The molecule has 1 heterocycles. The van der Waals surface area contributed by atoms with Crippen LogP contribution in [0.5, 0.6) is 0 Å². The van der Waals surface area contributed by atoms with Gasteiger partial charge in [-0.25, -0.2) is 4.63 Å². The topological polar surface area (TPSA) is 94.1 Å². The van der Waals surface area contributed by atoms with E-state index in [0.29, 0.717) is 5.69 Å². The van der Waals surface area contributed by atoms with Gasteiger partial charge in [0.1, 0.15) is 0 Å². The van der Waals surface area contributed by atoms with Crippen molar-refractivity contribution in [3.63, 3.8) is 0 Å². The highest BCUT2D eigenvalue weighted by atomic mass is 16.6. The number of hydrogen-bond acceptors (Lipinski definition) is 6. The second-order valence-corrected chi connectivity index (χ2v) is 4.25. The summed E-state index contributed by atoms with van der Waals surface area (Å²) >= 11 is 0. The second kappa shape index (κ2) is 4.00. The minimum Gasteiger partial charge on any atom is -0.368 e. The first-order chi connectivity index (χ1) is 8.44. The van der Waals surface area contributed by atoms with Crippen molar-refractivity contribution in [2.45, 2.75) is 19.4 Å². The third-order valence-electron chi connectivity index (χ3n) is 2.40. The van der Waals surface area contributed by atoms with Crippen LogP contribution in [-0.2, 0) is 0 Å². The molecule has 0 aliphatic heterocycles. The standard InChI is InChI=1S/C11H10N4O3/c1-4-11(2,3)12-7-5-6-8(15(16)17)10-9(7)13-18-14-10/h1,5-6,12H,2-3H3. The van der Waals surface area contributed by atoms with E-state index in [4.69, 9.17) is 6.42 Å². The molecule has 0 unspecified atom stereocenters. The molecule has 0 fully saturated rings. The van der Waals surface area contributed by atoms with Crippen LogP contribution >= 0.6 is 0 Å². The van der Waals surface area contributed by atoms with Gasteiger partial charge in [-0.1, -0.05) is 5.92 Å². The molecule has 1 N–H and O–H groups in total. The summed E-state index contributed by atoms with van der Waals surface area (Å²) in [6, 6.07) is 2.87. The Kier molecular flexibility index (Phi) is 2.63. The van der Waals surface area contributed by atoms with Crippen LogP contribution in [0.1, 0.15) is 13.8 Å². The lowest BCUT2D eigenvalue weighted by atomic mass is 10.1. The van der Waals surface area contributed by atoms with E-state index >= 15 is 0 Å². The third-order valence-corrected chi connectivity index (χ3v) is 2.40. The molecule has 0 radical (unpaired) electrons. The quantitative estimate of drug-likeness (QED) is 0.505. The van der Waals surface area contributed by atoms with Gasteiger partial charge in [-0.05, 0) is 30.2 Å². The first-order valence-electron chi connectivity index (χ1n) is 5.10. The lowest BCUT2D eigenvalue weighted by Gasteiger charge is -2.20. The van der Waals surface area contributed by atoms with Crippen molar-refractivity contribution in [2.75, 3.05) is 5.32 Å². The molecule has 1 aromatic carbocycles. The molecular weight excluding hydrogens is 236 g/mol. The van der Waals surface area contributed by atoms with E-state index in [-0.39, 0.29) is 16.7 Å². The fraction of sp³-hybridized carbons (Fsp3) is 0.273.